The number of likely N-dealkylation sites (N-methyl/N-ethyl adjacent to an activating group) is 1. The number of imidazole rings is 1. The zero-order chi connectivity index (χ0) is 22.8. The first kappa shape index (κ1) is 22.1. The molecule has 0 saturated heterocycles. The fourth-order valence-electron chi connectivity index (χ4n) is 5.46. The third-order valence-corrected chi connectivity index (χ3v) is 7.22. The van der Waals surface area contributed by atoms with E-state index in [0.29, 0.717) is 6.04 Å². The summed E-state index contributed by atoms with van der Waals surface area (Å²) in [6.07, 6.45) is 10.0. The van der Waals surface area contributed by atoms with Crippen molar-refractivity contribution in [2.75, 3.05) is 20.8 Å². The van der Waals surface area contributed by atoms with Crippen LogP contribution in [0.5, 0.6) is 0 Å². The van der Waals surface area contributed by atoms with Crippen molar-refractivity contribution >= 4 is 22.1 Å². The fraction of sp³-hybridized carbons (Fsp3) is 0.481. The van der Waals surface area contributed by atoms with Crippen LogP contribution in [0, 0.1) is 12.8 Å². The largest absolute Gasteiger partial charge is 0.383 e. The monoisotopic (exact) mass is 445 g/mol. The van der Waals surface area contributed by atoms with Gasteiger partial charge in [0, 0.05) is 48.1 Å². The van der Waals surface area contributed by atoms with E-state index in [1.165, 1.54) is 49.5 Å². The molecule has 6 heteroatoms. The number of aromatic nitrogens is 4. The third kappa shape index (κ3) is 4.82. The van der Waals surface area contributed by atoms with Gasteiger partial charge in [-0.3, -0.25) is 4.90 Å². The normalized spacial score (nSPS) is 16.2. The first-order valence-corrected chi connectivity index (χ1v) is 12.2. The average Bonchev–Trinajstić information content (AvgIpc) is 3.41. The molecule has 33 heavy (non-hydrogen) atoms. The van der Waals surface area contributed by atoms with Crippen molar-refractivity contribution in [3.05, 3.63) is 47.9 Å². The predicted octanol–water partition coefficient (Wildman–Crippen LogP) is 5.83. The van der Waals surface area contributed by atoms with Crippen LogP contribution in [0.25, 0.3) is 33.3 Å². The minimum Gasteiger partial charge on any atom is -0.383 e. The maximum Gasteiger partial charge on any atom is 0.158 e. The molecule has 2 N–H and O–H groups in total. The van der Waals surface area contributed by atoms with Crippen LogP contribution in [0.2, 0.25) is 0 Å². The van der Waals surface area contributed by atoms with Gasteiger partial charge in [-0.15, -0.1) is 0 Å². The number of pyridine rings is 1. The molecular weight excluding hydrogens is 410 g/mol. The Balaban J connectivity index is 1.35. The molecule has 1 aliphatic carbocycles. The summed E-state index contributed by atoms with van der Waals surface area (Å²) in [7, 11) is 4.07. The van der Waals surface area contributed by atoms with Gasteiger partial charge in [0.05, 0.1) is 6.61 Å². The summed E-state index contributed by atoms with van der Waals surface area (Å²) < 4.78 is 5.60. The summed E-state index contributed by atoms with van der Waals surface area (Å²) in [6.45, 7) is 3.69. The molecule has 174 valence electrons. The van der Waals surface area contributed by atoms with Gasteiger partial charge in [0.15, 0.2) is 5.65 Å². The molecule has 1 aromatic carbocycles. The first-order valence-electron chi connectivity index (χ1n) is 12.2. The number of aromatic amines is 2. The Morgan fingerprint density at radius 1 is 1.12 bits per heavy atom. The Labute approximate surface area is 195 Å². The number of aryl methyl sites for hydroxylation is 1. The standard InChI is InChI=1S/C27H35N5O/c1-18-29-26-23(11-12-28-27(26)30-18)25-15-21-13-20(9-10-24(21)31-25)16-32(2)22(17-33-3)14-19-7-5-4-6-8-19/h9-13,15,19,22,31H,4-8,14,16-17H2,1-3H3,(H,28,29,30). The van der Waals surface area contributed by atoms with E-state index in [-0.39, 0.29) is 0 Å². The predicted molar refractivity (Wildman–Crippen MR) is 134 cm³/mol. The highest BCUT2D eigenvalue weighted by molar-refractivity contribution is 5.94. The van der Waals surface area contributed by atoms with E-state index in [2.05, 4.69) is 56.1 Å². The Morgan fingerprint density at radius 3 is 2.79 bits per heavy atom. The molecule has 4 aromatic rings. The van der Waals surface area contributed by atoms with Crippen molar-refractivity contribution in [3.8, 4) is 11.3 Å². The van der Waals surface area contributed by atoms with Crippen LogP contribution in [-0.4, -0.2) is 51.6 Å². The fourth-order valence-corrected chi connectivity index (χ4v) is 5.46. The molecule has 0 amide bonds. The summed E-state index contributed by atoms with van der Waals surface area (Å²) in [5.74, 6) is 1.73. The Hall–Kier alpha value is -2.70. The van der Waals surface area contributed by atoms with Crippen molar-refractivity contribution in [2.45, 2.75) is 58.0 Å². The van der Waals surface area contributed by atoms with Gasteiger partial charge in [-0.1, -0.05) is 38.2 Å². The van der Waals surface area contributed by atoms with Crippen LogP contribution in [0.3, 0.4) is 0 Å². The van der Waals surface area contributed by atoms with Crippen LogP contribution in [0.15, 0.2) is 36.5 Å². The SMILES string of the molecule is COCC(CC1CCCCC1)N(C)Cc1ccc2[nH]c(-c3ccnc4[nH]c(C)nc34)cc2c1. The zero-order valence-corrected chi connectivity index (χ0v) is 20.0. The molecule has 1 aliphatic rings. The van der Waals surface area contributed by atoms with E-state index in [0.717, 1.165) is 52.8 Å². The van der Waals surface area contributed by atoms with Crippen LogP contribution in [0.4, 0.5) is 0 Å². The highest BCUT2D eigenvalue weighted by atomic mass is 16.5. The summed E-state index contributed by atoms with van der Waals surface area (Å²) >= 11 is 0. The lowest BCUT2D eigenvalue weighted by atomic mass is 9.84. The topological polar surface area (TPSA) is 69.8 Å². The number of hydrogen-bond acceptors (Lipinski definition) is 4. The van der Waals surface area contributed by atoms with Gasteiger partial charge in [-0.25, -0.2) is 9.97 Å². The molecule has 0 spiro atoms. The average molecular weight is 446 g/mol. The van der Waals surface area contributed by atoms with Gasteiger partial charge in [-0.2, -0.15) is 0 Å². The van der Waals surface area contributed by atoms with E-state index in [1.54, 1.807) is 0 Å². The molecule has 0 bridgehead atoms. The van der Waals surface area contributed by atoms with E-state index in [9.17, 15) is 0 Å². The molecule has 3 aromatic heterocycles. The Bertz CT molecular complexity index is 1220. The number of hydrogen-bond donors (Lipinski definition) is 2. The minimum atomic E-state index is 0.462. The van der Waals surface area contributed by atoms with Crippen molar-refractivity contribution in [1.29, 1.82) is 0 Å². The van der Waals surface area contributed by atoms with Crippen LogP contribution in [0.1, 0.15) is 49.9 Å². The van der Waals surface area contributed by atoms with Crippen molar-refractivity contribution in [3.63, 3.8) is 0 Å². The summed E-state index contributed by atoms with van der Waals surface area (Å²) in [5.41, 5.74) is 6.36. The van der Waals surface area contributed by atoms with Crippen molar-refractivity contribution in [2.24, 2.45) is 5.92 Å². The first-order chi connectivity index (χ1) is 16.1. The molecule has 1 unspecified atom stereocenters. The molecule has 3 heterocycles. The van der Waals surface area contributed by atoms with E-state index in [1.807, 2.05) is 26.3 Å². The quantitative estimate of drug-likeness (QED) is 0.358. The summed E-state index contributed by atoms with van der Waals surface area (Å²) in [5, 5.41) is 1.23. The molecule has 1 saturated carbocycles. The number of nitrogens with zero attached hydrogens (tertiary/aromatic N) is 3. The smallest absolute Gasteiger partial charge is 0.158 e. The molecule has 5 rings (SSSR count). The lowest BCUT2D eigenvalue weighted by Gasteiger charge is -2.32. The Kier molecular flexibility index (Phi) is 6.47. The number of fused-ring (bicyclic) bond motifs is 2. The summed E-state index contributed by atoms with van der Waals surface area (Å²) in [6, 6.07) is 11.5. The van der Waals surface area contributed by atoms with E-state index >= 15 is 0 Å². The molecule has 1 fully saturated rings. The number of ether oxygens (including phenoxy) is 1. The van der Waals surface area contributed by atoms with E-state index in [4.69, 9.17) is 4.74 Å². The van der Waals surface area contributed by atoms with Gasteiger partial charge < -0.3 is 14.7 Å². The third-order valence-electron chi connectivity index (χ3n) is 7.22. The van der Waals surface area contributed by atoms with Gasteiger partial charge in [0.2, 0.25) is 0 Å². The molecule has 1 atom stereocenters. The lowest BCUT2D eigenvalue weighted by Crippen LogP contribution is -2.37. The second kappa shape index (κ2) is 9.65. The zero-order valence-electron chi connectivity index (χ0n) is 20.0. The number of nitrogens with one attached hydrogen (secondary N) is 2. The maximum atomic E-state index is 5.60. The van der Waals surface area contributed by atoms with Crippen LogP contribution in [-0.2, 0) is 11.3 Å². The van der Waals surface area contributed by atoms with Crippen LogP contribution >= 0.6 is 0 Å². The second-order valence-corrected chi connectivity index (χ2v) is 9.75. The van der Waals surface area contributed by atoms with Crippen molar-refractivity contribution in [1.82, 2.24) is 24.8 Å². The molecule has 0 radical (unpaired) electrons. The summed E-state index contributed by atoms with van der Waals surface area (Å²) in [4.78, 5) is 18.3. The number of H-pyrrole nitrogens is 2. The molecular formula is C27H35N5O. The van der Waals surface area contributed by atoms with Crippen LogP contribution < -0.4 is 0 Å². The van der Waals surface area contributed by atoms with Crippen molar-refractivity contribution < 1.29 is 4.74 Å². The second-order valence-electron chi connectivity index (χ2n) is 9.75. The number of methoxy groups -OCH3 is 1. The van der Waals surface area contributed by atoms with Gasteiger partial charge in [0.25, 0.3) is 0 Å². The van der Waals surface area contributed by atoms with E-state index < -0.39 is 0 Å². The lowest BCUT2D eigenvalue weighted by molar-refractivity contribution is 0.0818. The highest BCUT2D eigenvalue weighted by Gasteiger charge is 2.22. The highest BCUT2D eigenvalue weighted by Crippen LogP contribution is 2.31. The molecule has 6 nitrogen and oxygen atoms in total. The van der Waals surface area contributed by atoms with Gasteiger partial charge >= 0.3 is 0 Å². The van der Waals surface area contributed by atoms with Gasteiger partial charge in [0.1, 0.15) is 11.3 Å². The Morgan fingerprint density at radius 2 is 1.97 bits per heavy atom. The minimum absolute atomic E-state index is 0.462. The van der Waals surface area contributed by atoms with Gasteiger partial charge in [-0.05, 0) is 56.1 Å². The number of benzene rings is 1. The number of rotatable bonds is 8. The molecule has 0 aliphatic heterocycles. The maximum absolute atomic E-state index is 5.60.